The molecule has 0 saturated carbocycles. The number of hydrogen-bond acceptors (Lipinski definition) is 9. The first-order chi connectivity index (χ1) is 19.2. The van der Waals surface area contributed by atoms with Crippen molar-refractivity contribution in [3.63, 3.8) is 0 Å². The van der Waals surface area contributed by atoms with Crippen LogP contribution in [0.1, 0.15) is 19.3 Å². The monoisotopic (exact) mass is 583 g/mol. The second kappa shape index (κ2) is 12.4. The number of rotatable bonds is 8. The molecule has 5 rings (SSSR count). The lowest BCUT2D eigenvalue weighted by molar-refractivity contribution is 0.0960. The van der Waals surface area contributed by atoms with E-state index in [0.717, 1.165) is 55.2 Å². The summed E-state index contributed by atoms with van der Waals surface area (Å²) >= 11 is 6.45. The van der Waals surface area contributed by atoms with Crippen LogP contribution in [0.5, 0.6) is 5.75 Å². The second-order valence-electron chi connectivity index (χ2n) is 10.9. The quantitative estimate of drug-likeness (QED) is 0.337. The minimum absolute atomic E-state index is 0.366. The van der Waals surface area contributed by atoms with Crippen molar-refractivity contribution in [2.24, 2.45) is 0 Å². The number of para-hydroxylation sites is 1. The van der Waals surface area contributed by atoms with Gasteiger partial charge in [-0.3, -0.25) is 4.90 Å². The number of hydrogen-bond donors (Lipinski definition) is 2. The van der Waals surface area contributed by atoms with E-state index in [4.69, 9.17) is 16.3 Å². The standard InChI is InChI=1S/C29H39ClN7O2P/c1-35-15-17-36(18-16-35)27-11-7-8-14-37(27)21-12-13-23(25(19-21)39-2)33-29-31-20-22(30)28(34-29)32-24-9-5-6-10-26(24)40(3,4)38/h5-6,9-10,12-13,19-20,27H,7-8,11,14-18H2,1-4H3,(H2,31,32,33,34). The first kappa shape index (κ1) is 28.7. The molecule has 40 heavy (non-hydrogen) atoms. The van der Waals surface area contributed by atoms with Gasteiger partial charge in [0.1, 0.15) is 17.9 Å². The molecular weight excluding hydrogens is 545 g/mol. The maximum Gasteiger partial charge on any atom is 0.229 e. The summed E-state index contributed by atoms with van der Waals surface area (Å²) in [6, 6.07) is 13.8. The fourth-order valence-corrected chi connectivity index (χ4v) is 6.78. The van der Waals surface area contributed by atoms with Crippen molar-refractivity contribution in [1.82, 2.24) is 19.8 Å². The van der Waals surface area contributed by atoms with Gasteiger partial charge in [0, 0.05) is 49.8 Å². The molecule has 0 bridgehead atoms. The Morgan fingerprint density at radius 1 is 1.00 bits per heavy atom. The third-order valence-corrected chi connectivity index (χ3v) is 9.50. The van der Waals surface area contributed by atoms with E-state index in [1.165, 1.54) is 19.3 Å². The maximum atomic E-state index is 12.8. The normalized spacial score (nSPS) is 18.9. The van der Waals surface area contributed by atoms with E-state index in [-0.39, 0.29) is 0 Å². The second-order valence-corrected chi connectivity index (χ2v) is 14.5. The molecule has 214 valence electrons. The molecule has 2 saturated heterocycles. The summed E-state index contributed by atoms with van der Waals surface area (Å²) < 4.78 is 18.6. The lowest BCUT2D eigenvalue weighted by atomic mass is 10.0. The molecule has 1 unspecified atom stereocenters. The Morgan fingerprint density at radius 3 is 2.52 bits per heavy atom. The Morgan fingerprint density at radius 2 is 1.77 bits per heavy atom. The number of anilines is 5. The van der Waals surface area contributed by atoms with E-state index < -0.39 is 7.14 Å². The first-order valence-electron chi connectivity index (χ1n) is 13.8. The van der Waals surface area contributed by atoms with Gasteiger partial charge in [-0.2, -0.15) is 4.98 Å². The summed E-state index contributed by atoms with van der Waals surface area (Å²) in [4.78, 5) is 16.6. The van der Waals surface area contributed by atoms with Crippen molar-refractivity contribution < 1.29 is 9.30 Å². The summed E-state index contributed by atoms with van der Waals surface area (Å²) in [5.41, 5.74) is 2.63. The van der Waals surface area contributed by atoms with Crippen molar-refractivity contribution in [1.29, 1.82) is 0 Å². The molecule has 0 amide bonds. The molecule has 0 spiro atoms. The highest BCUT2D eigenvalue weighted by Gasteiger charge is 2.30. The number of likely N-dealkylation sites (N-methyl/N-ethyl adjacent to an activating group) is 1. The van der Waals surface area contributed by atoms with Crippen molar-refractivity contribution in [3.8, 4) is 5.75 Å². The van der Waals surface area contributed by atoms with Gasteiger partial charge in [0.2, 0.25) is 5.95 Å². The average Bonchev–Trinajstić information content (AvgIpc) is 2.95. The first-order valence-corrected chi connectivity index (χ1v) is 16.8. The molecule has 2 fully saturated rings. The van der Waals surface area contributed by atoms with Crippen LogP contribution in [0.2, 0.25) is 5.02 Å². The number of aromatic nitrogens is 2. The largest absolute Gasteiger partial charge is 0.494 e. The van der Waals surface area contributed by atoms with E-state index in [1.54, 1.807) is 26.6 Å². The number of piperazine rings is 1. The zero-order valence-electron chi connectivity index (χ0n) is 23.7. The van der Waals surface area contributed by atoms with Gasteiger partial charge in [-0.25, -0.2) is 4.98 Å². The molecule has 0 radical (unpaired) electrons. The van der Waals surface area contributed by atoms with Crippen LogP contribution in [0.3, 0.4) is 0 Å². The van der Waals surface area contributed by atoms with Gasteiger partial charge in [0.05, 0.1) is 30.8 Å². The number of nitrogens with zero attached hydrogens (tertiary/aromatic N) is 5. The molecule has 0 aliphatic carbocycles. The minimum Gasteiger partial charge on any atom is -0.494 e. The highest BCUT2D eigenvalue weighted by atomic mass is 35.5. The highest BCUT2D eigenvalue weighted by molar-refractivity contribution is 7.70. The van der Waals surface area contributed by atoms with Crippen molar-refractivity contribution in [3.05, 3.63) is 53.7 Å². The summed E-state index contributed by atoms with van der Waals surface area (Å²) in [5, 5.41) is 7.65. The van der Waals surface area contributed by atoms with Crippen molar-refractivity contribution in [2.45, 2.75) is 25.4 Å². The molecule has 3 heterocycles. The lowest BCUT2D eigenvalue weighted by Gasteiger charge is -2.46. The molecule has 3 aromatic rings. The fraction of sp³-hybridized carbons (Fsp3) is 0.448. The van der Waals surface area contributed by atoms with E-state index in [1.807, 2.05) is 30.3 Å². The minimum atomic E-state index is -2.51. The molecule has 11 heteroatoms. The fourth-order valence-electron chi connectivity index (χ4n) is 5.49. The lowest BCUT2D eigenvalue weighted by Crippen LogP contribution is -2.56. The van der Waals surface area contributed by atoms with Crippen LogP contribution in [0.15, 0.2) is 48.7 Å². The van der Waals surface area contributed by atoms with Crippen molar-refractivity contribution in [2.75, 3.05) is 75.7 Å². The van der Waals surface area contributed by atoms with Gasteiger partial charge in [0.15, 0.2) is 5.82 Å². The van der Waals surface area contributed by atoms with Gasteiger partial charge < -0.3 is 29.7 Å². The SMILES string of the molecule is COc1cc(N2CCCCC2N2CCN(C)CC2)ccc1Nc1ncc(Cl)c(Nc2ccccc2P(C)(C)=O)n1. The third-order valence-electron chi connectivity index (χ3n) is 7.68. The zero-order valence-corrected chi connectivity index (χ0v) is 25.4. The number of nitrogens with one attached hydrogen (secondary N) is 2. The Kier molecular flexibility index (Phi) is 8.86. The molecule has 2 aliphatic heterocycles. The van der Waals surface area contributed by atoms with Crippen LogP contribution < -0.4 is 25.6 Å². The topological polar surface area (TPSA) is 85.9 Å². The van der Waals surface area contributed by atoms with Crippen molar-refractivity contribution >= 4 is 52.9 Å². The number of methoxy groups -OCH3 is 1. The summed E-state index contributed by atoms with van der Waals surface area (Å²) in [7, 11) is 1.37. The maximum absolute atomic E-state index is 12.8. The number of halogens is 1. The van der Waals surface area contributed by atoms with E-state index in [2.05, 4.69) is 54.5 Å². The van der Waals surface area contributed by atoms with Crippen LogP contribution in [0, 0.1) is 0 Å². The molecule has 1 atom stereocenters. The summed E-state index contributed by atoms with van der Waals surface area (Å²) in [6.45, 7) is 8.93. The number of benzene rings is 2. The van der Waals surface area contributed by atoms with E-state index >= 15 is 0 Å². The van der Waals surface area contributed by atoms with Gasteiger partial charge in [-0.1, -0.05) is 23.7 Å². The highest BCUT2D eigenvalue weighted by Crippen LogP contribution is 2.39. The van der Waals surface area contributed by atoms with Crippen LogP contribution in [0.25, 0.3) is 0 Å². The summed E-state index contributed by atoms with van der Waals surface area (Å²) in [6.07, 6.45) is 5.58. The molecule has 9 nitrogen and oxygen atoms in total. The Balaban J connectivity index is 1.36. The molecule has 2 N–H and O–H groups in total. The Bertz CT molecular complexity index is 1380. The molecule has 1 aromatic heterocycles. The van der Waals surface area contributed by atoms with Gasteiger partial charge in [-0.15, -0.1) is 0 Å². The molecule has 2 aliphatic rings. The predicted octanol–water partition coefficient (Wildman–Crippen LogP) is 5.44. The zero-order chi connectivity index (χ0) is 28.3. The van der Waals surface area contributed by atoms with Crippen LogP contribution >= 0.6 is 18.7 Å². The molecular formula is C29H39ClN7O2P. The van der Waals surface area contributed by atoms with Gasteiger partial charge in [-0.05, 0) is 63.9 Å². The molecule has 2 aromatic carbocycles. The van der Waals surface area contributed by atoms with Crippen LogP contribution in [-0.2, 0) is 4.57 Å². The Labute approximate surface area is 242 Å². The van der Waals surface area contributed by atoms with Crippen LogP contribution in [0.4, 0.5) is 28.8 Å². The third kappa shape index (κ3) is 6.55. The van der Waals surface area contributed by atoms with Crippen LogP contribution in [-0.4, -0.2) is 86.1 Å². The number of piperidine rings is 1. The van der Waals surface area contributed by atoms with E-state index in [0.29, 0.717) is 28.6 Å². The number of ether oxygens (including phenoxy) is 1. The van der Waals surface area contributed by atoms with E-state index in [9.17, 15) is 4.57 Å². The van der Waals surface area contributed by atoms with Gasteiger partial charge >= 0.3 is 0 Å². The Hall–Kier alpha value is -2.84. The van der Waals surface area contributed by atoms with Gasteiger partial charge in [0.25, 0.3) is 0 Å². The summed E-state index contributed by atoms with van der Waals surface area (Å²) in [5.74, 6) is 1.52. The average molecular weight is 584 g/mol. The smallest absolute Gasteiger partial charge is 0.229 e. The predicted molar refractivity (Wildman–Crippen MR) is 166 cm³/mol.